The summed E-state index contributed by atoms with van der Waals surface area (Å²) in [4.78, 5) is 28.8. The maximum absolute atomic E-state index is 13.2. The quantitative estimate of drug-likeness (QED) is 0.388. The van der Waals surface area contributed by atoms with Crippen molar-refractivity contribution in [2.24, 2.45) is 11.3 Å². The Balaban J connectivity index is 1.84. The third kappa shape index (κ3) is 5.88. The maximum Gasteiger partial charge on any atom is 0.416 e. The minimum atomic E-state index is -4.41. The van der Waals surface area contributed by atoms with Gasteiger partial charge in [0.05, 0.1) is 23.1 Å². The van der Waals surface area contributed by atoms with Crippen molar-refractivity contribution in [3.05, 3.63) is 65.6 Å². The lowest BCUT2D eigenvalue weighted by molar-refractivity contribution is -0.140. The van der Waals surface area contributed by atoms with Gasteiger partial charge in [-0.1, -0.05) is 31.9 Å². The number of fused-ring (bicyclic) bond motifs is 1. The molecule has 9 heteroatoms. The Morgan fingerprint density at radius 1 is 1.14 bits per heavy atom. The van der Waals surface area contributed by atoms with Crippen LogP contribution in [0.25, 0.3) is 10.9 Å². The zero-order valence-corrected chi connectivity index (χ0v) is 20.3. The van der Waals surface area contributed by atoms with Crippen LogP contribution < -0.4 is 5.32 Å². The highest BCUT2D eigenvalue weighted by Crippen LogP contribution is 2.36. The van der Waals surface area contributed by atoms with Crippen LogP contribution in [0.4, 0.5) is 13.2 Å². The van der Waals surface area contributed by atoms with Gasteiger partial charge in [0.2, 0.25) is 0 Å². The van der Waals surface area contributed by atoms with Crippen LogP contribution in [-0.4, -0.2) is 32.6 Å². The van der Waals surface area contributed by atoms with Gasteiger partial charge in [-0.05, 0) is 43.0 Å². The van der Waals surface area contributed by atoms with Gasteiger partial charge < -0.3 is 15.0 Å². The highest BCUT2D eigenvalue weighted by atomic mass is 19.4. The summed E-state index contributed by atoms with van der Waals surface area (Å²) >= 11 is 0. The van der Waals surface area contributed by atoms with Gasteiger partial charge in [-0.3, -0.25) is 14.6 Å². The highest BCUT2D eigenvalue weighted by Gasteiger charge is 2.36. The molecule has 0 aliphatic carbocycles. The number of carbonyl (C=O) groups excluding carboxylic acids is 1. The lowest BCUT2D eigenvalue weighted by atomic mass is 9.71. The number of carboxylic acids is 1. The van der Waals surface area contributed by atoms with Gasteiger partial charge in [0.15, 0.2) is 0 Å². The number of carboxylic acid groups (broad SMARTS) is 1. The van der Waals surface area contributed by atoms with Crippen molar-refractivity contribution in [2.45, 2.75) is 52.4 Å². The van der Waals surface area contributed by atoms with Crippen LogP contribution in [-0.2, 0) is 17.5 Å². The summed E-state index contributed by atoms with van der Waals surface area (Å²) in [6.45, 7) is 5.74. The number of halogens is 3. The Labute approximate surface area is 207 Å². The van der Waals surface area contributed by atoms with E-state index >= 15 is 0 Å². The molecule has 3 rings (SSSR count). The third-order valence-corrected chi connectivity index (χ3v) is 6.45. The summed E-state index contributed by atoms with van der Waals surface area (Å²) in [6.07, 6.45) is 6.16. The first-order chi connectivity index (χ1) is 16.9. The molecule has 36 heavy (non-hydrogen) atoms. The van der Waals surface area contributed by atoms with Gasteiger partial charge in [0.25, 0.3) is 5.91 Å². The molecule has 0 radical (unpaired) electrons. The number of rotatable bonds is 9. The molecule has 0 saturated heterocycles. The van der Waals surface area contributed by atoms with Gasteiger partial charge in [0, 0.05) is 42.0 Å². The van der Waals surface area contributed by atoms with E-state index in [1.165, 1.54) is 18.3 Å². The molecule has 2 N–H and O–H groups in total. The average molecular weight is 500 g/mol. The van der Waals surface area contributed by atoms with E-state index in [1.54, 1.807) is 30.0 Å². The molecule has 0 aliphatic heterocycles. The van der Waals surface area contributed by atoms with Gasteiger partial charge in [-0.15, -0.1) is 6.42 Å². The van der Waals surface area contributed by atoms with Crippen LogP contribution in [0.5, 0.6) is 0 Å². The van der Waals surface area contributed by atoms with Crippen molar-refractivity contribution in [3.63, 3.8) is 0 Å². The number of amides is 1. The number of nitrogens with one attached hydrogen (secondary N) is 1. The van der Waals surface area contributed by atoms with Crippen LogP contribution in [0.15, 0.2) is 48.9 Å². The smallest absolute Gasteiger partial charge is 0.416 e. The van der Waals surface area contributed by atoms with Crippen molar-refractivity contribution >= 4 is 22.8 Å². The number of terminal acetylenes is 1. The van der Waals surface area contributed by atoms with Crippen LogP contribution in [0.2, 0.25) is 0 Å². The van der Waals surface area contributed by atoms with Crippen LogP contribution in [0.1, 0.15) is 55.1 Å². The molecule has 0 bridgehead atoms. The fraction of sp³-hybridized carbons (Fsp3) is 0.370. The van der Waals surface area contributed by atoms with Gasteiger partial charge >= 0.3 is 12.1 Å². The lowest BCUT2D eigenvalue weighted by Crippen LogP contribution is -2.40. The number of aliphatic carboxylic acids is 1. The Bertz CT molecular complexity index is 1290. The molecule has 0 aliphatic rings. The second-order valence-electron chi connectivity index (χ2n) is 9.37. The third-order valence-electron chi connectivity index (χ3n) is 6.45. The minimum Gasteiger partial charge on any atom is -0.481 e. The van der Waals surface area contributed by atoms with E-state index in [0.717, 1.165) is 12.1 Å². The van der Waals surface area contributed by atoms with Gasteiger partial charge in [0.1, 0.15) is 0 Å². The van der Waals surface area contributed by atoms with Crippen molar-refractivity contribution in [3.8, 4) is 12.3 Å². The van der Waals surface area contributed by atoms with Crippen LogP contribution in [0.3, 0.4) is 0 Å². The molecule has 2 atom stereocenters. The summed E-state index contributed by atoms with van der Waals surface area (Å²) in [6, 6.07) is 6.23. The number of carbonyl (C=O) groups is 2. The highest BCUT2D eigenvalue weighted by molar-refractivity contribution is 6.05. The van der Waals surface area contributed by atoms with E-state index in [9.17, 15) is 27.9 Å². The monoisotopic (exact) mass is 499 g/mol. The van der Waals surface area contributed by atoms with Crippen molar-refractivity contribution in [1.29, 1.82) is 0 Å². The lowest BCUT2D eigenvalue weighted by Gasteiger charge is -2.34. The Morgan fingerprint density at radius 2 is 1.81 bits per heavy atom. The number of hydrogen-bond donors (Lipinski definition) is 2. The SMILES string of the molecule is C#C[C@](CC(=O)O)(CC(C)NC(=O)c1cncc2ccn(Cc3ccc(C(F)(F)F)cc3)c12)C(C)C. The zero-order valence-electron chi connectivity index (χ0n) is 20.3. The van der Waals surface area contributed by atoms with E-state index in [2.05, 4.69) is 16.2 Å². The second kappa shape index (κ2) is 10.4. The summed E-state index contributed by atoms with van der Waals surface area (Å²) in [5.41, 5.74) is -0.126. The van der Waals surface area contributed by atoms with Crippen LogP contribution in [0, 0.1) is 23.7 Å². The Morgan fingerprint density at radius 3 is 2.36 bits per heavy atom. The molecule has 0 fully saturated rings. The van der Waals surface area contributed by atoms with E-state index in [-0.39, 0.29) is 25.3 Å². The maximum atomic E-state index is 13.2. The molecular formula is C27H28F3N3O3. The van der Waals surface area contributed by atoms with Crippen LogP contribution >= 0.6 is 0 Å². The number of aromatic nitrogens is 2. The number of alkyl halides is 3. The van der Waals surface area contributed by atoms with E-state index in [4.69, 9.17) is 6.42 Å². The number of pyridine rings is 1. The molecule has 1 aromatic carbocycles. The zero-order chi connectivity index (χ0) is 26.7. The molecule has 1 amide bonds. The predicted octanol–water partition coefficient (Wildman–Crippen LogP) is 5.36. The first kappa shape index (κ1) is 26.8. The average Bonchev–Trinajstić information content (AvgIpc) is 3.20. The molecular weight excluding hydrogens is 471 g/mol. The number of hydrogen-bond acceptors (Lipinski definition) is 3. The molecule has 3 aromatic rings. The van der Waals surface area contributed by atoms with E-state index < -0.39 is 35.1 Å². The first-order valence-electron chi connectivity index (χ1n) is 11.5. The van der Waals surface area contributed by atoms with Crippen molar-refractivity contribution in [2.75, 3.05) is 0 Å². The molecule has 2 heterocycles. The summed E-state index contributed by atoms with van der Waals surface area (Å²) in [5.74, 6) is 1.12. The fourth-order valence-electron chi connectivity index (χ4n) is 4.41. The number of nitrogens with zero attached hydrogens (tertiary/aromatic N) is 2. The molecule has 190 valence electrons. The standard InChI is InChI=1S/C27H28F3N3O3/c1-5-26(17(2)3,13-23(34)35)12-18(4)32-25(36)22-15-31-14-20-10-11-33(24(20)22)16-19-6-8-21(9-7-19)27(28,29)30/h1,6-11,14-15,17-18H,12-13,16H2,2-4H3,(H,32,36)(H,34,35)/t18?,26-/m1/s1. The first-order valence-corrected chi connectivity index (χ1v) is 11.5. The fourth-order valence-corrected chi connectivity index (χ4v) is 4.41. The largest absolute Gasteiger partial charge is 0.481 e. The van der Waals surface area contributed by atoms with E-state index in [1.807, 2.05) is 13.8 Å². The molecule has 2 aromatic heterocycles. The summed E-state index contributed by atoms with van der Waals surface area (Å²) in [5, 5.41) is 13.0. The molecule has 1 unspecified atom stereocenters. The minimum absolute atomic E-state index is 0.121. The van der Waals surface area contributed by atoms with E-state index in [0.29, 0.717) is 22.0 Å². The van der Waals surface area contributed by atoms with Crippen molar-refractivity contribution < 1.29 is 27.9 Å². The summed E-state index contributed by atoms with van der Waals surface area (Å²) < 4.78 is 40.4. The van der Waals surface area contributed by atoms with Gasteiger partial charge in [-0.2, -0.15) is 13.2 Å². The predicted molar refractivity (Wildman–Crippen MR) is 130 cm³/mol. The summed E-state index contributed by atoms with van der Waals surface area (Å²) in [7, 11) is 0. The number of benzene rings is 1. The van der Waals surface area contributed by atoms with Crippen molar-refractivity contribution in [1.82, 2.24) is 14.9 Å². The Kier molecular flexibility index (Phi) is 7.77. The second-order valence-corrected chi connectivity index (χ2v) is 9.37. The topological polar surface area (TPSA) is 84.2 Å². The Hall–Kier alpha value is -3.80. The molecule has 0 spiro atoms. The van der Waals surface area contributed by atoms with Gasteiger partial charge in [-0.25, -0.2) is 0 Å². The molecule has 6 nitrogen and oxygen atoms in total. The normalized spacial score (nSPS) is 14.3. The molecule has 0 saturated carbocycles.